The molecular weight excluding hydrogens is 403 g/mol. The van der Waals surface area contributed by atoms with Crippen LogP contribution in [0.3, 0.4) is 0 Å². The fraction of sp³-hybridized carbons (Fsp3) is 0.0556. The van der Waals surface area contributed by atoms with E-state index >= 15 is 0 Å². The first-order valence-electron chi connectivity index (χ1n) is 7.52. The van der Waals surface area contributed by atoms with Crippen LogP contribution in [0.4, 0.5) is 4.39 Å². The molecule has 0 saturated heterocycles. The number of hydrogen-bond acceptors (Lipinski definition) is 4. The van der Waals surface area contributed by atoms with E-state index in [0.29, 0.717) is 0 Å². The Morgan fingerprint density at radius 1 is 1.04 bits per heavy atom. The molecule has 4 rings (SSSR count). The van der Waals surface area contributed by atoms with Gasteiger partial charge in [0.1, 0.15) is 16.5 Å². The fourth-order valence-electron chi connectivity index (χ4n) is 2.49. The summed E-state index contributed by atoms with van der Waals surface area (Å²) in [6.45, 7) is 1.93. The van der Waals surface area contributed by atoms with Gasteiger partial charge in [0.25, 0.3) is 0 Å². The smallest absolute Gasteiger partial charge is 0.146 e. The van der Waals surface area contributed by atoms with Gasteiger partial charge >= 0.3 is 0 Å². The van der Waals surface area contributed by atoms with Gasteiger partial charge in [-0.25, -0.2) is 14.1 Å². The second kappa shape index (κ2) is 6.50. The van der Waals surface area contributed by atoms with E-state index < -0.39 is 0 Å². The van der Waals surface area contributed by atoms with Crippen molar-refractivity contribution in [1.82, 2.24) is 20.0 Å². The molecule has 4 nitrogen and oxygen atoms in total. The van der Waals surface area contributed by atoms with Gasteiger partial charge in [0, 0.05) is 15.4 Å². The van der Waals surface area contributed by atoms with Crippen LogP contribution < -0.4 is 0 Å². The third kappa shape index (κ3) is 3.12. The van der Waals surface area contributed by atoms with Crippen LogP contribution in [-0.2, 0) is 0 Å². The van der Waals surface area contributed by atoms with Crippen LogP contribution in [0, 0.1) is 12.7 Å². The molecule has 2 aromatic heterocycles. The molecule has 0 aliphatic heterocycles. The summed E-state index contributed by atoms with van der Waals surface area (Å²) in [6.07, 6.45) is 0. The quantitative estimate of drug-likeness (QED) is 0.458. The highest BCUT2D eigenvalue weighted by Gasteiger charge is 2.16. The first-order valence-corrected chi connectivity index (χ1v) is 9.19. The second-order valence-corrected chi connectivity index (χ2v) is 7.23. The molecule has 2 heterocycles. The van der Waals surface area contributed by atoms with Crippen LogP contribution in [0.5, 0.6) is 0 Å². The number of aromatic nitrogens is 4. The highest BCUT2D eigenvalue weighted by Crippen LogP contribution is 2.30. The Kier molecular flexibility index (Phi) is 4.19. The molecule has 0 amide bonds. The van der Waals surface area contributed by atoms with Gasteiger partial charge in [-0.1, -0.05) is 33.3 Å². The molecule has 0 N–H and O–H groups in total. The molecule has 4 aromatic rings. The van der Waals surface area contributed by atoms with E-state index in [0.717, 1.165) is 37.8 Å². The maximum absolute atomic E-state index is 13.1. The maximum Gasteiger partial charge on any atom is 0.146 e. The van der Waals surface area contributed by atoms with Crippen LogP contribution in [0.2, 0.25) is 0 Å². The van der Waals surface area contributed by atoms with E-state index in [-0.39, 0.29) is 5.82 Å². The normalized spacial score (nSPS) is 11.0. The summed E-state index contributed by atoms with van der Waals surface area (Å²) in [4.78, 5) is 4.69. The van der Waals surface area contributed by atoms with E-state index in [4.69, 9.17) is 0 Å². The van der Waals surface area contributed by atoms with Crippen molar-refractivity contribution in [2.45, 2.75) is 6.92 Å². The minimum atomic E-state index is -0.277. The molecule has 0 saturated carbocycles. The summed E-state index contributed by atoms with van der Waals surface area (Å²) in [5.74, 6) is -0.277. The van der Waals surface area contributed by atoms with E-state index in [2.05, 4.69) is 31.2 Å². The van der Waals surface area contributed by atoms with Gasteiger partial charge in [0.2, 0.25) is 0 Å². The molecular formula is C18H12BrFN4S. The first kappa shape index (κ1) is 16.1. The van der Waals surface area contributed by atoms with Gasteiger partial charge in [-0.2, -0.15) is 0 Å². The molecule has 0 radical (unpaired) electrons. The molecule has 124 valence electrons. The van der Waals surface area contributed by atoms with Gasteiger partial charge in [0.15, 0.2) is 0 Å². The second-order valence-electron chi connectivity index (χ2n) is 5.46. The molecule has 7 heteroatoms. The molecule has 0 bridgehead atoms. The van der Waals surface area contributed by atoms with Gasteiger partial charge in [-0.3, -0.25) is 0 Å². The van der Waals surface area contributed by atoms with E-state index in [1.54, 1.807) is 16.8 Å². The van der Waals surface area contributed by atoms with Crippen LogP contribution in [0.1, 0.15) is 5.69 Å². The monoisotopic (exact) mass is 414 g/mol. The molecule has 0 aliphatic rings. The van der Waals surface area contributed by atoms with Crippen molar-refractivity contribution in [2.24, 2.45) is 0 Å². The molecule has 0 unspecified atom stereocenters. The first-order chi connectivity index (χ1) is 12.1. The van der Waals surface area contributed by atoms with Crippen molar-refractivity contribution < 1.29 is 4.39 Å². The van der Waals surface area contributed by atoms with Gasteiger partial charge in [0.05, 0.1) is 17.1 Å². The zero-order chi connectivity index (χ0) is 17.4. The van der Waals surface area contributed by atoms with Crippen LogP contribution in [-0.4, -0.2) is 20.0 Å². The lowest BCUT2D eigenvalue weighted by Crippen LogP contribution is -1.99. The summed E-state index contributed by atoms with van der Waals surface area (Å²) in [5.41, 5.74) is 4.32. The summed E-state index contributed by atoms with van der Waals surface area (Å²) < 4.78 is 15.8. The largest absolute Gasteiger partial charge is 0.234 e. The lowest BCUT2D eigenvalue weighted by atomic mass is 10.2. The standard InChI is InChI=1S/C18H12BrFN4S/c1-11-17(22-23-24(11)15-8-6-14(20)7-9-15)18-21-16(10-25-18)12-2-4-13(19)5-3-12/h2-10H,1H3. The number of benzene rings is 2. The van der Waals surface area contributed by atoms with Gasteiger partial charge in [-0.05, 0) is 43.3 Å². The SMILES string of the molecule is Cc1c(-c2nc(-c3ccc(Br)cc3)cs2)nnn1-c1ccc(F)cc1. The summed E-state index contributed by atoms with van der Waals surface area (Å²) in [5, 5.41) is 11.3. The van der Waals surface area contributed by atoms with E-state index in [9.17, 15) is 4.39 Å². The van der Waals surface area contributed by atoms with Crippen molar-refractivity contribution in [3.05, 3.63) is 69.9 Å². The highest BCUT2D eigenvalue weighted by molar-refractivity contribution is 9.10. The minimum absolute atomic E-state index is 0.277. The highest BCUT2D eigenvalue weighted by atomic mass is 79.9. The Morgan fingerprint density at radius 3 is 2.48 bits per heavy atom. The lowest BCUT2D eigenvalue weighted by molar-refractivity contribution is 0.626. The van der Waals surface area contributed by atoms with Crippen LogP contribution in [0.15, 0.2) is 58.4 Å². The Labute approximate surface area is 156 Å². The van der Waals surface area contributed by atoms with E-state index in [1.807, 2.05) is 36.6 Å². The molecule has 0 atom stereocenters. The van der Waals surface area contributed by atoms with E-state index in [1.165, 1.54) is 23.5 Å². The summed E-state index contributed by atoms with van der Waals surface area (Å²) in [7, 11) is 0. The maximum atomic E-state index is 13.1. The van der Waals surface area contributed by atoms with Crippen molar-refractivity contribution in [1.29, 1.82) is 0 Å². The zero-order valence-corrected chi connectivity index (χ0v) is 15.6. The molecule has 0 aliphatic carbocycles. The number of rotatable bonds is 3. The van der Waals surface area contributed by atoms with Crippen LogP contribution >= 0.6 is 27.3 Å². The Hall–Kier alpha value is -2.38. The summed E-state index contributed by atoms with van der Waals surface area (Å²) >= 11 is 4.96. The van der Waals surface area contributed by atoms with Crippen molar-refractivity contribution in [3.63, 3.8) is 0 Å². The van der Waals surface area contributed by atoms with Crippen molar-refractivity contribution in [3.8, 4) is 27.6 Å². The lowest BCUT2D eigenvalue weighted by Gasteiger charge is -2.02. The average Bonchev–Trinajstić information content (AvgIpc) is 3.23. The topological polar surface area (TPSA) is 43.6 Å². The van der Waals surface area contributed by atoms with Crippen molar-refractivity contribution >= 4 is 27.3 Å². The summed E-state index contributed by atoms with van der Waals surface area (Å²) in [6, 6.07) is 14.2. The molecule has 0 fully saturated rings. The molecule has 0 spiro atoms. The number of halogens is 2. The average molecular weight is 415 g/mol. The van der Waals surface area contributed by atoms with Gasteiger partial charge < -0.3 is 0 Å². The number of nitrogens with zero attached hydrogens (tertiary/aromatic N) is 4. The zero-order valence-electron chi connectivity index (χ0n) is 13.1. The predicted octanol–water partition coefficient (Wildman–Crippen LogP) is 5.27. The molecule has 25 heavy (non-hydrogen) atoms. The number of hydrogen-bond donors (Lipinski definition) is 0. The van der Waals surface area contributed by atoms with Crippen LogP contribution in [0.25, 0.3) is 27.6 Å². The Morgan fingerprint density at radius 2 is 1.76 bits per heavy atom. The third-order valence-corrected chi connectivity index (χ3v) is 5.19. The third-order valence-electron chi connectivity index (χ3n) is 3.81. The Bertz CT molecular complexity index is 1020. The fourth-order valence-corrected chi connectivity index (χ4v) is 3.62. The van der Waals surface area contributed by atoms with Crippen molar-refractivity contribution in [2.75, 3.05) is 0 Å². The molecule has 2 aromatic carbocycles. The van der Waals surface area contributed by atoms with Gasteiger partial charge in [-0.15, -0.1) is 16.4 Å². The predicted molar refractivity (Wildman–Crippen MR) is 100 cm³/mol. The Balaban J connectivity index is 1.69. The number of thiazole rings is 1. The minimum Gasteiger partial charge on any atom is -0.234 e.